The van der Waals surface area contributed by atoms with Gasteiger partial charge in [0, 0.05) is 29.7 Å². The van der Waals surface area contributed by atoms with Gasteiger partial charge in [-0.3, -0.25) is 4.79 Å². The van der Waals surface area contributed by atoms with Gasteiger partial charge < -0.3 is 9.73 Å². The maximum absolute atomic E-state index is 13.9. The van der Waals surface area contributed by atoms with E-state index < -0.39 is 0 Å². The quantitative estimate of drug-likeness (QED) is 0.445. The molecule has 0 fully saturated rings. The summed E-state index contributed by atoms with van der Waals surface area (Å²) in [5, 5.41) is 2.86. The number of nitrogens with zero attached hydrogens (tertiary/aromatic N) is 1. The number of oxazole rings is 1. The van der Waals surface area contributed by atoms with Gasteiger partial charge in [-0.05, 0) is 42.5 Å². The summed E-state index contributed by atoms with van der Waals surface area (Å²) < 4.78 is 19.5. The molecule has 0 aliphatic rings. The lowest BCUT2D eigenvalue weighted by molar-refractivity contribution is -0.116. The van der Waals surface area contributed by atoms with Crippen molar-refractivity contribution in [2.45, 2.75) is 12.8 Å². The van der Waals surface area contributed by atoms with Gasteiger partial charge in [0.15, 0.2) is 11.7 Å². The van der Waals surface area contributed by atoms with E-state index in [1.165, 1.54) is 12.3 Å². The number of amides is 1. The summed E-state index contributed by atoms with van der Waals surface area (Å²) in [6.07, 6.45) is 1.98. The number of carbonyl (C=O) groups is 1. The monoisotopic (exact) mass is 410 g/mol. The Balaban J connectivity index is 1.35. The Morgan fingerprint density at radius 1 is 0.935 bits per heavy atom. The summed E-state index contributed by atoms with van der Waals surface area (Å²) in [6, 6.07) is 23.4. The second kappa shape index (κ2) is 9.55. The zero-order chi connectivity index (χ0) is 21.5. The molecule has 3 aromatic carbocycles. The Morgan fingerprint density at radius 2 is 1.68 bits per heavy atom. The Morgan fingerprint density at radius 3 is 2.52 bits per heavy atom. The average molecular weight is 410 g/mol. The molecule has 0 saturated carbocycles. The Labute approximate surface area is 179 Å². The van der Waals surface area contributed by atoms with Crippen LogP contribution in [-0.2, 0) is 11.2 Å². The molecular weight excluding hydrogens is 391 g/mol. The van der Waals surface area contributed by atoms with Crippen LogP contribution in [0.1, 0.15) is 23.4 Å². The minimum Gasteiger partial charge on any atom is -0.441 e. The number of anilines is 1. The van der Waals surface area contributed by atoms with E-state index in [4.69, 9.17) is 4.42 Å². The van der Waals surface area contributed by atoms with Gasteiger partial charge in [-0.2, -0.15) is 0 Å². The highest BCUT2D eigenvalue weighted by Gasteiger charge is 2.12. The van der Waals surface area contributed by atoms with Crippen LogP contribution in [0.25, 0.3) is 11.3 Å². The average Bonchev–Trinajstić information content (AvgIpc) is 3.26. The molecule has 5 heteroatoms. The number of hydrogen-bond donors (Lipinski definition) is 1. The van der Waals surface area contributed by atoms with Crippen LogP contribution in [0.4, 0.5) is 10.1 Å². The Kier molecular flexibility index (Phi) is 6.20. The second-order valence-electron chi connectivity index (χ2n) is 6.84. The molecule has 0 aliphatic heterocycles. The zero-order valence-corrected chi connectivity index (χ0v) is 16.6. The van der Waals surface area contributed by atoms with E-state index in [2.05, 4.69) is 22.1 Å². The van der Waals surface area contributed by atoms with Crippen LogP contribution in [0, 0.1) is 17.7 Å². The van der Waals surface area contributed by atoms with Crippen molar-refractivity contribution in [1.29, 1.82) is 0 Å². The molecule has 0 saturated heterocycles. The lowest BCUT2D eigenvalue weighted by Crippen LogP contribution is -2.12. The number of aryl methyl sites for hydroxylation is 1. The van der Waals surface area contributed by atoms with Crippen LogP contribution >= 0.6 is 0 Å². The molecule has 0 aliphatic carbocycles. The minimum absolute atomic E-state index is 0.168. The molecule has 4 nitrogen and oxygen atoms in total. The molecule has 4 rings (SSSR count). The number of hydrogen-bond acceptors (Lipinski definition) is 3. The zero-order valence-electron chi connectivity index (χ0n) is 16.6. The van der Waals surface area contributed by atoms with Gasteiger partial charge in [0.1, 0.15) is 5.82 Å². The fraction of sp³-hybridized carbons (Fsp3) is 0.0769. The SMILES string of the molecule is O=C(CCc1ncc(-c2ccccc2F)o1)Nc1cccc(C#Cc2ccccc2)c1. The van der Waals surface area contributed by atoms with E-state index in [9.17, 15) is 9.18 Å². The summed E-state index contributed by atoms with van der Waals surface area (Å²) >= 11 is 0. The molecule has 0 bridgehead atoms. The normalized spacial score (nSPS) is 10.2. The number of aromatic nitrogens is 1. The third-order valence-corrected chi connectivity index (χ3v) is 4.53. The largest absolute Gasteiger partial charge is 0.441 e. The number of carbonyl (C=O) groups excluding carboxylic acids is 1. The van der Waals surface area contributed by atoms with Crippen LogP contribution in [-0.4, -0.2) is 10.9 Å². The van der Waals surface area contributed by atoms with Crippen molar-refractivity contribution in [3.8, 4) is 23.2 Å². The van der Waals surface area contributed by atoms with E-state index in [1.807, 2.05) is 54.6 Å². The van der Waals surface area contributed by atoms with Crippen molar-refractivity contribution in [3.63, 3.8) is 0 Å². The highest BCUT2D eigenvalue weighted by molar-refractivity contribution is 5.91. The van der Waals surface area contributed by atoms with Crippen LogP contribution in [0.5, 0.6) is 0 Å². The Bertz CT molecular complexity index is 1250. The van der Waals surface area contributed by atoms with E-state index in [0.717, 1.165) is 11.1 Å². The maximum Gasteiger partial charge on any atom is 0.224 e. The van der Waals surface area contributed by atoms with Crippen LogP contribution in [0.3, 0.4) is 0 Å². The third-order valence-electron chi connectivity index (χ3n) is 4.53. The van der Waals surface area contributed by atoms with E-state index in [0.29, 0.717) is 29.3 Å². The van der Waals surface area contributed by atoms with Gasteiger partial charge in [0.25, 0.3) is 0 Å². The van der Waals surface area contributed by atoms with Gasteiger partial charge in [0.2, 0.25) is 5.91 Å². The molecule has 1 amide bonds. The second-order valence-corrected chi connectivity index (χ2v) is 6.84. The van der Waals surface area contributed by atoms with Gasteiger partial charge in [-0.25, -0.2) is 9.37 Å². The standard InChI is InChI=1S/C26H19FN2O2/c27-23-12-5-4-11-22(23)24-18-28-26(31-24)16-15-25(30)29-21-10-6-9-20(17-21)14-13-19-7-2-1-3-8-19/h1-12,17-18H,15-16H2,(H,29,30). The van der Waals surface area contributed by atoms with Gasteiger partial charge in [-0.15, -0.1) is 0 Å². The number of halogens is 1. The first-order chi connectivity index (χ1) is 15.2. The fourth-order valence-electron chi connectivity index (χ4n) is 3.00. The van der Waals surface area contributed by atoms with Gasteiger partial charge >= 0.3 is 0 Å². The molecular formula is C26H19FN2O2. The molecule has 152 valence electrons. The molecule has 0 radical (unpaired) electrons. The summed E-state index contributed by atoms with van der Waals surface area (Å²) in [5.74, 6) is 6.38. The van der Waals surface area contributed by atoms with Crippen LogP contribution < -0.4 is 5.32 Å². The van der Waals surface area contributed by atoms with Crippen molar-refractivity contribution >= 4 is 11.6 Å². The van der Waals surface area contributed by atoms with Crippen LogP contribution in [0.15, 0.2) is 89.5 Å². The number of nitrogens with one attached hydrogen (secondary N) is 1. The summed E-state index contributed by atoms with van der Waals surface area (Å²) in [5.41, 5.74) is 2.75. The molecule has 1 aromatic heterocycles. The lowest BCUT2D eigenvalue weighted by atomic mass is 10.1. The molecule has 0 unspecified atom stereocenters. The highest BCUT2D eigenvalue weighted by atomic mass is 19.1. The highest BCUT2D eigenvalue weighted by Crippen LogP contribution is 2.23. The first-order valence-corrected chi connectivity index (χ1v) is 9.84. The van der Waals surface area contributed by atoms with Crippen molar-refractivity contribution in [2.75, 3.05) is 5.32 Å². The lowest BCUT2D eigenvalue weighted by Gasteiger charge is -2.04. The van der Waals surface area contributed by atoms with E-state index in [1.54, 1.807) is 18.2 Å². The molecule has 1 heterocycles. The van der Waals surface area contributed by atoms with Crippen molar-refractivity contribution < 1.29 is 13.6 Å². The minimum atomic E-state index is -0.377. The maximum atomic E-state index is 13.9. The fourth-order valence-corrected chi connectivity index (χ4v) is 3.00. The van der Waals surface area contributed by atoms with Crippen molar-refractivity contribution in [3.05, 3.63) is 108 Å². The number of benzene rings is 3. The van der Waals surface area contributed by atoms with Crippen molar-refractivity contribution in [2.24, 2.45) is 0 Å². The third kappa shape index (κ3) is 5.46. The van der Waals surface area contributed by atoms with Gasteiger partial charge in [-0.1, -0.05) is 48.2 Å². The van der Waals surface area contributed by atoms with Crippen LogP contribution in [0.2, 0.25) is 0 Å². The molecule has 0 spiro atoms. The number of rotatable bonds is 5. The predicted octanol–water partition coefficient (Wildman–Crippen LogP) is 5.45. The first kappa shape index (κ1) is 20.1. The van der Waals surface area contributed by atoms with E-state index in [-0.39, 0.29) is 18.1 Å². The molecule has 4 aromatic rings. The first-order valence-electron chi connectivity index (χ1n) is 9.84. The smallest absolute Gasteiger partial charge is 0.224 e. The predicted molar refractivity (Wildman–Crippen MR) is 118 cm³/mol. The molecule has 31 heavy (non-hydrogen) atoms. The van der Waals surface area contributed by atoms with Gasteiger partial charge in [0.05, 0.1) is 11.8 Å². The summed E-state index contributed by atoms with van der Waals surface area (Å²) in [4.78, 5) is 16.5. The van der Waals surface area contributed by atoms with Crippen molar-refractivity contribution in [1.82, 2.24) is 4.98 Å². The molecule has 0 atom stereocenters. The summed E-state index contributed by atoms with van der Waals surface area (Å²) in [6.45, 7) is 0. The topological polar surface area (TPSA) is 55.1 Å². The molecule has 1 N–H and O–H groups in total. The summed E-state index contributed by atoms with van der Waals surface area (Å²) in [7, 11) is 0. The Hall–Kier alpha value is -4.17. The van der Waals surface area contributed by atoms with E-state index >= 15 is 0 Å².